The first-order valence-electron chi connectivity index (χ1n) is 7.79. The van der Waals surface area contributed by atoms with Gasteiger partial charge in [-0.3, -0.25) is 24.6 Å². The minimum absolute atomic E-state index is 0.207. The predicted octanol–water partition coefficient (Wildman–Crippen LogP) is 0.867. The number of carbonyl (C=O) groups is 3. The molecule has 2 aliphatic heterocycles. The maximum Gasteiger partial charge on any atom is 0.326 e. The molecule has 3 rings (SSSR count). The Kier molecular flexibility index (Phi) is 3.75. The summed E-state index contributed by atoms with van der Waals surface area (Å²) in [5, 5.41) is 3.13. The largest absolute Gasteiger partial charge is 0.468 e. The van der Waals surface area contributed by atoms with Crippen molar-refractivity contribution in [1.82, 2.24) is 10.2 Å². The Morgan fingerprint density at radius 1 is 1.39 bits per heavy atom. The molecule has 23 heavy (non-hydrogen) atoms. The Labute approximate surface area is 134 Å². The van der Waals surface area contributed by atoms with Crippen molar-refractivity contribution in [1.29, 1.82) is 0 Å². The smallest absolute Gasteiger partial charge is 0.326 e. The fraction of sp³-hybridized carbons (Fsp3) is 0.562. The van der Waals surface area contributed by atoms with Gasteiger partial charge >= 0.3 is 5.97 Å². The van der Waals surface area contributed by atoms with Crippen molar-refractivity contribution in [2.45, 2.75) is 32.4 Å². The molecule has 2 fully saturated rings. The second-order valence-electron chi connectivity index (χ2n) is 5.98. The van der Waals surface area contributed by atoms with Crippen molar-refractivity contribution in [3.8, 4) is 0 Å². The zero-order chi connectivity index (χ0) is 16.8. The summed E-state index contributed by atoms with van der Waals surface area (Å²) >= 11 is 0. The average Bonchev–Trinajstić information content (AvgIpc) is 3.18. The molecule has 0 unspecified atom stereocenters. The summed E-state index contributed by atoms with van der Waals surface area (Å²) in [5.41, 5.74) is -1.26. The van der Waals surface area contributed by atoms with Gasteiger partial charge in [0, 0.05) is 6.54 Å². The number of esters is 1. The Morgan fingerprint density at radius 3 is 2.70 bits per heavy atom. The first-order valence-corrected chi connectivity index (χ1v) is 7.79. The number of hydrogen-bond donors (Lipinski definition) is 1. The highest BCUT2D eigenvalue weighted by atomic mass is 16.5. The third-order valence-corrected chi connectivity index (χ3v) is 4.74. The number of amides is 2. The summed E-state index contributed by atoms with van der Waals surface area (Å²) in [5.74, 6) is -2.05. The molecular formula is C16H20N2O5. The van der Waals surface area contributed by atoms with Gasteiger partial charge in [-0.1, -0.05) is 0 Å². The second-order valence-corrected chi connectivity index (χ2v) is 5.98. The molecule has 1 aromatic rings. The van der Waals surface area contributed by atoms with Gasteiger partial charge in [0.05, 0.1) is 30.7 Å². The standard InChI is InChI=1S/C16H20N2O5/c1-4-18-13(19)10-11(14(18)20)16(3,15(21)22-5-2)17-12(10)9-7-6-8-23-9/h6-8,10-12,17H,4-5H2,1-3H3/t10-,11-,12+,16+/m0/s1. The van der Waals surface area contributed by atoms with Crippen LogP contribution in [0.25, 0.3) is 0 Å². The van der Waals surface area contributed by atoms with Crippen molar-refractivity contribution in [2.24, 2.45) is 11.8 Å². The highest BCUT2D eigenvalue weighted by molar-refractivity contribution is 6.09. The van der Waals surface area contributed by atoms with Crippen molar-refractivity contribution < 1.29 is 23.5 Å². The van der Waals surface area contributed by atoms with Crippen molar-refractivity contribution >= 4 is 17.8 Å². The van der Waals surface area contributed by atoms with E-state index in [0.717, 1.165) is 0 Å². The van der Waals surface area contributed by atoms with E-state index in [9.17, 15) is 14.4 Å². The van der Waals surface area contributed by atoms with Crippen molar-refractivity contribution in [2.75, 3.05) is 13.2 Å². The first kappa shape index (κ1) is 15.7. The summed E-state index contributed by atoms with van der Waals surface area (Å²) in [4.78, 5) is 39.1. The zero-order valence-electron chi connectivity index (χ0n) is 13.4. The molecule has 1 N–H and O–H groups in total. The molecule has 124 valence electrons. The van der Waals surface area contributed by atoms with E-state index in [4.69, 9.17) is 9.15 Å². The SMILES string of the molecule is CCOC(=O)[C@]1(C)N[C@H](c2ccco2)[C@H]2C(=O)N(CC)C(=O)[C@H]21. The molecule has 2 aliphatic rings. The van der Waals surface area contributed by atoms with E-state index in [1.807, 2.05) is 0 Å². The van der Waals surface area contributed by atoms with E-state index in [1.165, 1.54) is 11.2 Å². The van der Waals surface area contributed by atoms with Gasteiger partial charge in [-0.2, -0.15) is 0 Å². The zero-order valence-corrected chi connectivity index (χ0v) is 13.4. The maximum absolute atomic E-state index is 12.7. The quantitative estimate of drug-likeness (QED) is 0.654. The van der Waals surface area contributed by atoms with Gasteiger partial charge in [0.25, 0.3) is 0 Å². The van der Waals surface area contributed by atoms with Crippen LogP contribution in [0.5, 0.6) is 0 Å². The number of imide groups is 1. The molecular weight excluding hydrogens is 300 g/mol. The van der Waals surface area contributed by atoms with Gasteiger partial charge in [-0.05, 0) is 32.9 Å². The number of ether oxygens (including phenoxy) is 1. The molecule has 7 nitrogen and oxygen atoms in total. The number of likely N-dealkylation sites (tertiary alicyclic amines) is 1. The molecule has 0 aliphatic carbocycles. The molecule has 0 spiro atoms. The molecule has 2 amide bonds. The predicted molar refractivity (Wildman–Crippen MR) is 79.0 cm³/mol. The van der Waals surface area contributed by atoms with Crippen LogP contribution in [0.2, 0.25) is 0 Å². The molecule has 2 saturated heterocycles. The Hall–Kier alpha value is -2.15. The van der Waals surface area contributed by atoms with E-state index >= 15 is 0 Å². The van der Waals surface area contributed by atoms with Gasteiger partial charge < -0.3 is 9.15 Å². The second kappa shape index (κ2) is 5.49. The lowest BCUT2D eigenvalue weighted by Gasteiger charge is -2.28. The molecule has 1 aromatic heterocycles. The average molecular weight is 320 g/mol. The molecule has 0 aromatic carbocycles. The summed E-state index contributed by atoms with van der Waals surface area (Å²) in [6, 6.07) is 2.92. The van der Waals surface area contributed by atoms with Crippen LogP contribution < -0.4 is 5.32 Å². The van der Waals surface area contributed by atoms with E-state index in [0.29, 0.717) is 5.76 Å². The van der Waals surface area contributed by atoms with Gasteiger partial charge in [-0.25, -0.2) is 0 Å². The summed E-state index contributed by atoms with van der Waals surface area (Å²) in [7, 11) is 0. The minimum atomic E-state index is -1.26. The maximum atomic E-state index is 12.7. The Bertz CT molecular complexity index is 641. The van der Waals surface area contributed by atoms with Gasteiger partial charge in [0.1, 0.15) is 11.3 Å². The first-order chi connectivity index (χ1) is 11.0. The number of carbonyl (C=O) groups excluding carboxylic acids is 3. The lowest BCUT2D eigenvalue weighted by Crippen LogP contribution is -2.54. The number of hydrogen-bond acceptors (Lipinski definition) is 6. The summed E-state index contributed by atoms with van der Waals surface area (Å²) < 4.78 is 10.6. The van der Waals surface area contributed by atoms with Crippen LogP contribution in [-0.4, -0.2) is 41.4 Å². The molecule has 0 radical (unpaired) electrons. The van der Waals surface area contributed by atoms with Crippen molar-refractivity contribution in [3.05, 3.63) is 24.2 Å². The van der Waals surface area contributed by atoms with Crippen LogP contribution >= 0.6 is 0 Å². The van der Waals surface area contributed by atoms with E-state index in [1.54, 1.807) is 32.9 Å². The fourth-order valence-electron chi connectivity index (χ4n) is 3.69. The monoisotopic (exact) mass is 320 g/mol. The Balaban J connectivity index is 2.06. The minimum Gasteiger partial charge on any atom is -0.468 e. The third-order valence-electron chi connectivity index (χ3n) is 4.74. The van der Waals surface area contributed by atoms with Crippen LogP contribution in [0, 0.1) is 11.8 Å². The summed E-state index contributed by atoms with van der Waals surface area (Å²) in [6.07, 6.45) is 1.50. The topological polar surface area (TPSA) is 88.8 Å². The molecule has 0 saturated carbocycles. The molecule has 4 atom stereocenters. The van der Waals surface area contributed by atoms with E-state index < -0.39 is 29.4 Å². The third kappa shape index (κ3) is 2.10. The van der Waals surface area contributed by atoms with Crippen LogP contribution in [0.1, 0.15) is 32.6 Å². The van der Waals surface area contributed by atoms with Gasteiger partial charge in [0.2, 0.25) is 11.8 Å². The van der Waals surface area contributed by atoms with Crippen LogP contribution in [0.3, 0.4) is 0 Å². The highest BCUT2D eigenvalue weighted by Gasteiger charge is 2.67. The molecule has 0 bridgehead atoms. The number of rotatable bonds is 4. The van der Waals surface area contributed by atoms with Gasteiger partial charge in [0.15, 0.2) is 0 Å². The lowest BCUT2D eigenvalue weighted by atomic mass is 9.81. The van der Waals surface area contributed by atoms with Gasteiger partial charge in [-0.15, -0.1) is 0 Å². The number of furan rings is 1. The number of nitrogens with zero attached hydrogens (tertiary/aromatic N) is 1. The number of nitrogens with one attached hydrogen (secondary N) is 1. The number of fused-ring (bicyclic) bond motifs is 1. The highest BCUT2D eigenvalue weighted by Crippen LogP contribution is 2.48. The van der Waals surface area contributed by atoms with Crippen LogP contribution in [-0.2, 0) is 19.1 Å². The van der Waals surface area contributed by atoms with Crippen molar-refractivity contribution in [3.63, 3.8) is 0 Å². The lowest BCUT2D eigenvalue weighted by molar-refractivity contribution is -0.155. The summed E-state index contributed by atoms with van der Waals surface area (Å²) in [6.45, 7) is 5.56. The Morgan fingerprint density at radius 2 is 2.13 bits per heavy atom. The normalized spacial score (nSPS) is 33.2. The van der Waals surface area contributed by atoms with Crippen LogP contribution in [0.15, 0.2) is 22.8 Å². The molecule has 3 heterocycles. The molecule has 7 heteroatoms. The fourth-order valence-corrected chi connectivity index (χ4v) is 3.69. The van der Waals surface area contributed by atoms with Crippen LogP contribution in [0.4, 0.5) is 0 Å². The van der Waals surface area contributed by atoms with E-state index in [-0.39, 0.29) is 25.0 Å². The van der Waals surface area contributed by atoms with E-state index in [2.05, 4.69) is 5.32 Å².